The zero-order valence-electron chi connectivity index (χ0n) is 8.83. The number of sulfonamides is 1. The van der Waals surface area contributed by atoms with Gasteiger partial charge in [-0.2, -0.15) is 8.78 Å². The van der Waals surface area contributed by atoms with E-state index in [1.54, 1.807) is 13.8 Å². The van der Waals surface area contributed by atoms with Crippen molar-refractivity contribution >= 4 is 10.0 Å². The lowest BCUT2D eigenvalue weighted by atomic mass is 9.84. The molecule has 15 heavy (non-hydrogen) atoms. The number of alkyl halides is 2. The Morgan fingerprint density at radius 3 is 2.07 bits per heavy atom. The van der Waals surface area contributed by atoms with Gasteiger partial charge in [-0.1, -0.05) is 13.8 Å². The summed E-state index contributed by atoms with van der Waals surface area (Å²) in [6.07, 6.45) is 1.04. The number of hydrogen-bond donors (Lipinski definition) is 2. The maximum atomic E-state index is 12.0. The molecule has 0 aliphatic carbocycles. The summed E-state index contributed by atoms with van der Waals surface area (Å²) < 4.78 is 47.4. The monoisotopic (exact) mass is 245 g/mol. The zero-order chi connectivity index (χ0) is 12.1. The largest absolute Gasteiger partial charge is 0.396 e. The first-order chi connectivity index (χ1) is 6.83. The van der Waals surface area contributed by atoms with Gasteiger partial charge in [-0.05, 0) is 12.8 Å². The molecule has 0 aromatic rings. The molecule has 0 unspecified atom stereocenters. The molecule has 0 radical (unpaired) electrons. The van der Waals surface area contributed by atoms with Gasteiger partial charge in [0.25, 0.3) is 10.0 Å². The molecule has 7 heteroatoms. The Bertz CT molecular complexity index is 267. The number of nitrogens with one attached hydrogen (secondary N) is 1. The van der Waals surface area contributed by atoms with E-state index < -0.39 is 21.2 Å². The van der Waals surface area contributed by atoms with Crippen LogP contribution in [0.4, 0.5) is 8.78 Å². The second-order valence-corrected chi connectivity index (χ2v) is 5.23. The summed E-state index contributed by atoms with van der Waals surface area (Å²) in [5, 5.41) is 9.09. The lowest BCUT2D eigenvalue weighted by Crippen LogP contribution is -2.41. The third kappa shape index (κ3) is 4.00. The first-order valence-corrected chi connectivity index (χ1v) is 6.25. The summed E-state index contributed by atoms with van der Waals surface area (Å²) in [5.74, 6) is -3.43. The van der Waals surface area contributed by atoms with Crippen LogP contribution < -0.4 is 4.72 Å². The quantitative estimate of drug-likeness (QED) is 0.701. The summed E-state index contributed by atoms with van der Waals surface area (Å²) in [7, 11) is -4.56. The van der Waals surface area contributed by atoms with Gasteiger partial charge in [-0.15, -0.1) is 0 Å². The number of aliphatic hydroxyl groups is 1. The number of rotatable bonds is 7. The molecule has 0 fully saturated rings. The van der Waals surface area contributed by atoms with Crippen LogP contribution in [0.25, 0.3) is 0 Å². The second-order valence-electron chi connectivity index (χ2n) is 3.49. The third-order valence-electron chi connectivity index (χ3n) is 2.72. The molecule has 4 nitrogen and oxygen atoms in total. The van der Waals surface area contributed by atoms with E-state index in [9.17, 15) is 17.2 Å². The highest BCUT2D eigenvalue weighted by atomic mass is 32.2. The van der Waals surface area contributed by atoms with Crippen molar-refractivity contribution in [2.24, 2.45) is 5.41 Å². The van der Waals surface area contributed by atoms with Gasteiger partial charge in [0, 0.05) is 18.6 Å². The van der Waals surface area contributed by atoms with Crippen LogP contribution in [-0.4, -0.2) is 32.4 Å². The van der Waals surface area contributed by atoms with Crippen molar-refractivity contribution in [2.45, 2.75) is 32.4 Å². The Morgan fingerprint density at radius 1 is 1.33 bits per heavy atom. The van der Waals surface area contributed by atoms with Crippen molar-refractivity contribution in [3.8, 4) is 0 Å². The fraction of sp³-hybridized carbons (Fsp3) is 1.00. The molecule has 0 aromatic carbocycles. The Labute approximate surface area is 88.7 Å². The molecule has 92 valence electrons. The lowest BCUT2D eigenvalue weighted by molar-refractivity contribution is 0.118. The highest BCUT2D eigenvalue weighted by molar-refractivity contribution is 7.89. The number of hydrogen-bond acceptors (Lipinski definition) is 3. The third-order valence-corrected chi connectivity index (χ3v) is 3.73. The fourth-order valence-corrected chi connectivity index (χ4v) is 1.73. The topological polar surface area (TPSA) is 66.4 Å². The molecular weight excluding hydrogens is 228 g/mol. The highest BCUT2D eigenvalue weighted by Gasteiger charge is 2.30. The highest BCUT2D eigenvalue weighted by Crippen LogP contribution is 2.24. The van der Waals surface area contributed by atoms with Crippen molar-refractivity contribution in [3.05, 3.63) is 0 Å². The summed E-state index contributed by atoms with van der Waals surface area (Å²) in [5.41, 5.74) is -0.651. The van der Waals surface area contributed by atoms with Gasteiger partial charge in [0.2, 0.25) is 0 Å². The summed E-state index contributed by atoms with van der Waals surface area (Å²) in [4.78, 5) is 0. The fourth-order valence-electron chi connectivity index (χ4n) is 1.10. The molecule has 0 atom stereocenters. The van der Waals surface area contributed by atoms with Crippen molar-refractivity contribution in [3.63, 3.8) is 0 Å². The SMILES string of the molecule is CCC(CC)(CO)CNS(=O)(=O)C(F)F. The van der Waals surface area contributed by atoms with E-state index in [1.165, 1.54) is 0 Å². The standard InChI is InChI=1S/C8H17F2NO3S/c1-3-8(4-2,6-12)5-11-15(13,14)7(9)10/h7,11-12H,3-6H2,1-2H3. The van der Waals surface area contributed by atoms with Crippen molar-refractivity contribution in [1.29, 1.82) is 0 Å². The second kappa shape index (κ2) is 5.72. The molecule has 0 saturated heterocycles. The van der Waals surface area contributed by atoms with Crippen LogP contribution in [0.2, 0.25) is 0 Å². The predicted molar refractivity (Wildman–Crippen MR) is 53.0 cm³/mol. The molecular formula is C8H17F2NO3S. The van der Waals surface area contributed by atoms with Gasteiger partial charge < -0.3 is 5.11 Å². The van der Waals surface area contributed by atoms with Gasteiger partial charge >= 0.3 is 5.76 Å². The minimum absolute atomic E-state index is 0.164. The average Bonchev–Trinajstić information content (AvgIpc) is 2.20. The Balaban J connectivity index is 4.48. The van der Waals surface area contributed by atoms with Crippen LogP contribution in [0.1, 0.15) is 26.7 Å². The van der Waals surface area contributed by atoms with Crippen molar-refractivity contribution in [1.82, 2.24) is 4.72 Å². The molecule has 0 aromatic heterocycles. The molecule has 0 aliphatic heterocycles. The van der Waals surface area contributed by atoms with Crippen LogP contribution in [0.3, 0.4) is 0 Å². The normalized spacial score (nSPS) is 13.5. The maximum Gasteiger partial charge on any atom is 0.350 e. The van der Waals surface area contributed by atoms with Crippen LogP contribution in [0, 0.1) is 5.41 Å². The minimum atomic E-state index is -4.56. The van der Waals surface area contributed by atoms with Crippen LogP contribution >= 0.6 is 0 Å². The van der Waals surface area contributed by atoms with Crippen molar-refractivity contribution < 1.29 is 22.3 Å². The van der Waals surface area contributed by atoms with E-state index in [0.717, 1.165) is 0 Å². The Hall–Kier alpha value is -0.270. The van der Waals surface area contributed by atoms with E-state index >= 15 is 0 Å². The lowest BCUT2D eigenvalue weighted by Gasteiger charge is -2.29. The first-order valence-electron chi connectivity index (χ1n) is 4.71. The summed E-state index contributed by atoms with van der Waals surface area (Å²) in [6.45, 7) is 3.15. The van der Waals surface area contributed by atoms with E-state index in [2.05, 4.69) is 0 Å². The molecule has 0 heterocycles. The van der Waals surface area contributed by atoms with E-state index in [0.29, 0.717) is 12.8 Å². The van der Waals surface area contributed by atoms with Crippen LogP contribution in [0.5, 0.6) is 0 Å². The van der Waals surface area contributed by atoms with Gasteiger partial charge in [0.15, 0.2) is 0 Å². The maximum absolute atomic E-state index is 12.0. The zero-order valence-corrected chi connectivity index (χ0v) is 9.65. The molecule has 0 rings (SSSR count). The first kappa shape index (κ1) is 14.7. The van der Waals surface area contributed by atoms with Crippen LogP contribution in [0.15, 0.2) is 0 Å². The summed E-state index contributed by atoms with van der Waals surface area (Å²) in [6, 6.07) is 0. The summed E-state index contributed by atoms with van der Waals surface area (Å²) >= 11 is 0. The van der Waals surface area contributed by atoms with E-state index in [1.807, 2.05) is 4.72 Å². The van der Waals surface area contributed by atoms with Gasteiger partial charge in [0.05, 0.1) is 0 Å². The number of halogens is 2. The van der Waals surface area contributed by atoms with E-state index in [-0.39, 0.29) is 13.2 Å². The molecule has 0 spiro atoms. The predicted octanol–water partition coefficient (Wildman–Crippen LogP) is 0.927. The van der Waals surface area contributed by atoms with E-state index in [4.69, 9.17) is 5.11 Å². The molecule has 0 amide bonds. The van der Waals surface area contributed by atoms with Gasteiger partial charge in [0.1, 0.15) is 0 Å². The molecule has 0 saturated carbocycles. The van der Waals surface area contributed by atoms with Crippen LogP contribution in [-0.2, 0) is 10.0 Å². The Kier molecular flexibility index (Phi) is 5.61. The molecule has 0 aliphatic rings. The van der Waals surface area contributed by atoms with Gasteiger partial charge in [-0.25, -0.2) is 13.1 Å². The molecule has 2 N–H and O–H groups in total. The minimum Gasteiger partial charge on any atom is -0.396 e. The smallest absolute Gasteiger partial charge is 0.350 e. The molecule has 0 bridgehead atoms. The Morgan fingerprint density at radius 2 is 1.80 bits per heavy atom. The average molecular weight is 245 g/mol. The number of aliphatic hydroxyl groups excluding tert-OH is 1. The van der Waals surface area contributed by atoms with Gasteiger partial charge in [-0.3, -0.25) is 0 Å². The van der Waals surface area contributed by atoms with Crippen molar-refractivity contribution in [2.75, 3.05) is 13.2 Å².